The fourth-order valence-electron chi connectivity index (χ4n) is 1.37. The van der Waals surface area contributed by atoms with Gasteiger partial charge in [-0.1, -0.05) is 0 Å². The van der Waals surface area contributed by atoms with Crippen LogP contribution in [0, 0.1) is 0 Å². The minimum Gasteiger partial charge on any atom is -0.464 e. The number of thiol groups is 1. The normalized spacial score (nSPS) is 11.9. The monoisotopic (exact) mass is 349 g/mol. The number of nitrogens with zero attached hydrogens (tertiary/aromatic N) is 2. The van der Waals surface area contributed by atoms with Crippen molar-refractivity contribution in [2.24, 2.45) is 0 Å². The summed E-state index contributed by atoms with van der Waals surface area (Å²) in [6.45, 7) is 2.44. The Balaban J connectivity index is 2.38. The van der Waals surface area contributed by atoms with Gasteiger partial charge in [0.25, 0.3) is 0 Å². The molecule has 1 amide bonds. The molecular formula is C11H16BrN3O3S. The SMILES string of the molecule is CCOC(=O)[C@H](CS)NC(=O)CCn1cc(Br)cn1. The summed E-state index contributed by atoms with van der Waals surface area (Å²) in [6.07, 6.45) is 3.65. The highest BCUT2D eigenvalue weighted by molar-refractivity contribution is 9.10. The van der Waals surface area contributed by atoms with E-state index in [-0.39, 0.29) is 24.7 Å². The number of carbonyl (C=O) groups excluding carboxylic acids is 2. The zero-order chi connectivity index (χ0) is 14.3. The van der Waals surface area contributed by atoms with Crippen molar-refractivity contribution in [3.63, 3.8) is 0 Å². The van der Waals surface area contributed by atoms with Gasteiger partial charge in [-0.25, -0.2) is 4.79 Å². The van der Waals surface area contributed by atoms with Crippen molar-refractivity contribution < 1.29 is 14.3 Å². The molecule has 19 heavy (non-hydrogen) atoms. The van der Waals surface area contributed by atoms with E-state index in [4.69, 9.17) is 4.74 Å². The number of nitrogens with one attached hydrogen (secondary N) is 1. The molecule has 0 saturated heterocycles. The number of esters is 1. The van der Waals surface area contributed by atoms with Gasteiger partial charge in [0.2, 0.25) is 5.91 Å². The van der Waals surface area contributed by atoms with Crippen LogP contribution >= 0.6 is 28.6 Å². The lowest BCUT2D eigenvalue weighted by atomic mass is 10.3. The molecule has 1 heterocycles. The molecule has 0 radical (unpaired) electrons. The van der Waals surface area contributed by atoms with E-state index in [1.807, 2.05) is 0 Å². The van der Waals surface area contributed by atoms with Gasteiger partial charge in [-0.3, -0.25) is 9.48 Å². The molecule has 0 aliphatic heterocycles. The zero-order valence-electron chi connectivity index (χ0n) is 10.5. The number of hydrogen-bond donors (Lipinski definition) is 2. The van der Waals surface area contributed by atoms with Crippen LogP contribution in [0.25, 0.3) is 0 Å². The Morgan fingerprint density at radius 3 is 2.89 bits per heavy atom. The van der Waals surface area contributed by atoms with E-state index in [0.29, 0.717) is 6.54 Å². The third-order valence-corrected chi connectivity index (χ3v) is 3.03. The summed E-state index contributed by atoms with van der Waals surface area (Å²) in [4.78, 5) is 23.2. The Bertz CT molecular complexity index is 439. The topological polar surface area (TPSA) is 73.2 Å². The van der Waals surface area contributed by atoms with E-state index in [2.05, 4.69) is 39.0 Å². The highest BCUT2D eigenvalue weighted by Crippen LogP contribution is 2.06. The number of aryl methyl sites for hydroxylation is 1. The van der Waals surface area contributed by atoms with Crippen molar-refractivity contribution in [1.82, 2.24) is 15.1 Å². The van der Waals surface area contributed by atoms with Crippen LogP contribution in [0.2, 0.25) is 0 Å². The van der Waals surface area contributed by atoms with E-state index >= 15 is 0 Å². The molecule has 1 aromatic rings. The van der Waals surface area contributed by atoms with Crippen molar-refractivity contribution in [2.45, 2.75) is 25.9 Å². The van der Waals surface area contributed by atoms with Gasteiger partial charge in [0.05, 0.1) is 17.3 Å². The summed E-state index contributed by atoms with van der Waals surface area (Å²) in [5.74, 6) is -0.496. The third-order valence-electron chi connectivity index (χ3n) is 2.26. The van der Waals surface area contributed by atoms with Crippen LogP contribution < -0.4 is 5.32 Å². The molecule has 0 bridgehead atoms. The second-order valence-electron chi connectivity index (χ2n) is 3.73. The van der Waals surface area contributed by atoms with E-state index in [9.17, 15) is 9.59 Å². The number of carbonyl (C=O) groups is 2. The first-order valence-electron chi connectivity index (χ1n) is 5.81. The molecule has 0 unspecified atom stereocenters. The van der Waals surface area contributed by atoms with Crippen LogP contribution in [0.4, 0.5) is 0 Å². The predicted octanol–water partition coefficient (Wildman–Crippen LogP) is 1.01. The number of halogens is 1. The Hall–Kier alpha value is -1.02. The maximum Gasteiger partial charge on any atom is 0.329 e. The first kappa shape index (κ1) is 16.0. The second-order valence-corrected chi connectivity index (χ2v) is 5.01. The summed E-state index contributed by atoms with van der Waals surface area (Å²) in [5.41, 5.74) is 0. The number of rotatable bonds is 7. The molecular weight excluding hydrogens is 334 g/mol. The molecule has 1 aromatic heterocycles. The lowest BCUT2D eigenvalue weighted by Crippen LogP contribution is -2.43. The van der Waals surface area contributed by atoms with Crippen LogP contribution in [0.3, 0.4) is 0 Å². The number of hydrogen-bond acceptors (Lipinski definition) is 5. The molecule has 1 rings (SSSR count). The molecule has 0 aliphatic rings. The van der Waals surface area contributed by atoms with Crippen LogP contribution in [0.15, 0.2) is 16.9 Å². The van der Waals surface area contributed by atoms with Gasteiger partial charge in [-0.2, -0.15) is 17.7 Å². The minimum atomic E-state index is -0.708. The molecule has 0 aliphatic carbocycles. The molecule has 0 saturated carbocycles. The summed E-state index contributed by atoms with van der Waals surface area (Å²) >= 11 is 7.30. The Morgan fingerprint density at radius 2 is 2.37 bits per heavy atom. The van der Waals surface area contributed by atoms with Crippen molar-refractivity contribution in [3.8, 4) is 0 Å². The maximum absolute atomic E-state index is 11.7. The molecule has 0 spiro atoms. The zero-order valence-corrected chi connectivity index (χ0v) is 13.0. The predicted molar refractivity (Wildman–Crippen MR) is 77.0 cm³/mol. The molecule has 8 heteroatoms. The highest BCUT2D eigenvalue weighted by Gasteiger charge is 2.20. The standard InChI is InChI=1S/C11H16BrN3O3S/c1-2-18-11(17)9(7-19)14-10(16)3-4-15-6-8(12)5-13-15/h5-6,9,19H,2-4,7H2,1H3,(H,14,16)/t9-/m0/s1. The fourth-order valence-corrected chi connectivity index (χ4v) is 1.93. The van der Waals surface area contributed by atoms with Gasteiger partial charge in [0, 0.05) is 24.9 Å². The van der Waals surface area contributed by atoms with E-state index in [1.165, 1.54) is 0 Å². The second kappa shape index (κ2) is 8.21. The van der Waals surface area contributed by atoms with Crippen molar-refractivity contribution in [2.75, 3.05) is 12.4 Å². The lowest BCUT2D eigenvalue weighted by molar-refractivity contribution is -0.146. The van der Waals surface area contributed by atoms with Crippen molar-refractivity contribution >= 4 is 40.4 Å². The average Bonchev–Trinajstić information content (AvgIpc) is 2.79. The Labute approximate surface area is 125 Å². The fraction of sp³-hybridized carbons (Fsp3) is 0.545. The van der Waals surface area contributed by atoms with Crippen LogP contribution in [0.5, 0.6) is 0 Å². The largest absolute Gasteiger partial charge is 0.464 e. The molecule has 1 atom stereocenters. The summed E-state index contributed by atoms with van der Waals surface area (Å²) in [7, 11) is 0. The van der Waals surface area contributed by atoms with Gasteiger partial charge in [-0.15, -0.1) is 0 Å². The summed E-state index contributed by atoms with van der Waals surface area (Å²) in [6, 6.07) is -0.708. The maximum atomic E-state index is 11.7. The van der Waals surface area contributed by atoms with Crippen LogP contribution in [-0.2, 0) is 20.9 Å². The van der Waals surface area contributed by atoms with Crippen LogP contribution in [0.1, 0.15) is 13.3 Å². The number of aromatic nitrogens is 2. The lowest BCUT2D eigenvalue weighted by Gasteiger charge is -2.14. The van der Waals surface area contributed by atoms with Crippen LogP contribution in [-0.4, -0.2) is 40.1 Å². The summed E-state index contributed by atoms with van der Waals surface area (Å²) in [5, 5.41) is 6.62. The molecule has 1 N–H and O–H groups in total. The first-order chi connectivity index (χ1) is 9.06. The number of amides is 1. The molecule has 0 fully saturated rings. The van der Waals surface area contributed by atoms with Gasteiger partial charge < -0.3 is 10.1 Å². The Kier molecular flexibility index (Phi) is 6.93. The molecule has 0 aromatic carbocycles. The Morgan fingerprint density at radius 1 is 1.63 bits per heavy atom. The smallest absolute Gasteiger partial charge is 0.329 e. The van der Waals surface area contributed by atoms with E-state index < -0.39 is 12.0 Å². The summed E-state index contributed by atoms with van der Waals surface area (Å²) < 4.78 is 7.33. The quantitative estimate of drug-likeness (QED) is 0.569. The third kappa shape index (κ3) is 5.65. The highest BCUT2D eigenvalue weighted by atomic mass is 79.9. The van der Waals surface area contributed by atoms with E-state index in [1.54, 1.807) is 24.0 Å². The van der Waals surface area contributed by atoms with Crippen molar-refractivity contribution in [1.29, 1.82) is 0 Å². The first-order valence-corrected chi connectivity index (χ1v) is 7.24. The molecule has 6 nitrogen and oxygen atoms in total. The van der Waals surface area contributed by atoms with E-state index in [0.717, 1.165) is 4.47 Å². The van der Waals surface area contributed by atoms with Crippen molar-refractivity contribution in [3.05, 3.63) is 16.9 Å². The minimum absolute atomic E-state index is 0.206. The average molecular weight is 350 g/mol. The van der Waals surface area contributed by atoms with Gasteiger partial charge in [-0.05, 0) is 22.9 Å². The van der Waals surface area contributed by atoms with Gasteiger partial charge in [0.1, 0.15) is 6.04 Å². The van der Waals surface area contributed by atoms with Gasteiger partial charge in [0.15, 0.2) is 0 Å². The molecule has 106 valence electrons. The van der Waals surface area contributed by atoms with Gasteiger partial charge >= 0.3 is 5.97 Å². The number of ether oxygens (including phenoxy) is 1.